The van der Waals surface area contributed by atoms with Crippen LogP contribution in [-0.4, -0.2) is 0 Å². The minimum atomic E-state index is 0. The number of hydrogen-bond donors (Lipinski definition) is 0. The van der Waals surface area contributed by atoms with E-state index in [0.717, 1.165) is 0 Å². The van der Waals surface area contributed by atoms with Crippen LogP contribution in [0.5, 0.6) is 0 Å². The van der Waals surface area contributed by atoms with Crippen LogP contribution in [0, 0.1) is 0 Å². The van der Waals surface area contributed by atoms with Crippen LogP contribution in [0.4, 0.5) is 0 Å². The van der Waals surface area contributed by atoms with Crippen molar-refractivity contribution < 1.29 is 3600 Å². The summed E-state index contributed by atoms with van der Waals surface area (Å²) in [6.07, 6.45) is 0. The third-order valence-corrected chi connectivity index (χ3v) is 0. The van der Waals surface area contributed by atoms with Crippen molar-refractivity contribution in [3.8, 4) is 0 Å². The van der Waals surface area contributed by atoms with Crippen LogP contribution in [-0.2, 0) is 3600 Å². The molecular weight excluding hydrogens is 9780 g/mol. The summed E-state index contributed by atoms with van der Waals surface area (Å²) in [5.41, 5.74) is 0. The van der Waals surface area contributed by atoms with Gasteiger partial charge in [-0.3, -0.25) is 0 Å². The van der Waals surface area contributed by atoms with E-state index in [1.807, 2.05) is 0 Å². The van der Waals surface area contributed by atoms with Crippen molar-refractivity contribution in [2.45, 2.75) is 0 Å². The minimum Gasteiger partial charge on any atom is 0 e. The average molecular weight is 9780 g/mol. The van der Waals surface area contributed by atoms with Gasteiger partial charge in [0.05, 0.1) is 0 Å². The van der Waals surface area contributed by atoms with E-state index in [0.29, 0.717) is 0 Å². The fourth-order valence-corrected chi connectivity index (χ4v) is 0. The summed E-state index contributed by atoms with van der Waals surface area (Å²) in [7, 11) is 0. The van der Waals surface area contributed by atoms with E-state index in [-0.39, 0.29) is 3600 Å². The molecule has 0 aromatic carbocycles. The zero-order valence-electron chi connectivity index (χ0n) is 63.5. The van der Waals surface area contributed by atoms with Gasteiger partial charge in [-0.25, -0.2) is 0 Å². The Balaban J connectivity index is 0. The molecule has 0 aliphatic heterocycles. The van der Waals surface area contributed by atoms with Crippen molar-refractivity contribution in [3.05, 3.63) is 0 Å². The molecule has 0 aromatic rings. The van der Waals surface area contributed by atoms with Gasteiger partial charge < -0.3 is 0 Å². The summed E-state index contributed by atoms with van der Waals surface area (Å²) in [6.45, 7) is 0. The van der Waals surface area contributed by atoms with Crippen LogP contribution < -0.4 is 0 Å². The van der Waals surface area contributed by atoms with Crippen molar-refractivity contribution in [2.75, 3.05) is 0 Å². The molecule has 0 saturated heterocycles. The molecule has 330 valence electrons. The van der Waals surface area contributed by atoms with Gasteiger partial charge in [0.25, 0.3) is 0 Å². The third kappa shape index (κ3) is 812. The quantitative estimate of drug-likeness (QED) is 0.314. The Kier molecular flexibility index (Phi) is 6230. The Bertz CT molecular complexity index is 0. The summed E-state index contributed by atoms with van der Waals surface area (Å²) >= 11 is 0. The molecule has 0 atom stereocenters. The summed E-state index contributed by atoms with van der Waals surface area (Å²) < 4.78 is 0. The average Bonchev–Trinajstić information content (AvgIpc) is 0. The second kappa shape index (κ2) is 823. The molecule has 110 radical (unpaired) electrons. The van der Waals surface area contributed by atoms with Gasteiger partial charge in [-0.1, -0.05) is 0 Å². The SMILES string of the molecule is [Y].[Y].[Y].[Y].[Y].[Y].[Y].[Y].[Y].[Y].[Y].[Y].[Y].[Y].[Y].[Y].[Y].[Y].[Y].[Y].[Y].[Y].[Y].[Y].[Y].[Y].[Y].[Y].[Y].[Y].[Y].[Y].[Y].[Y].[Y].[Y].[Y].[Y].[Y].[Y].[Y].[Y].[Y].[Y].[Y].[Y].[Y].[Y].[Y].[Y].[Y].[Y].[Y].[Y].[Y].[Y].[Y].[Y].[Y].[Y].[Y].[Y].[Y].[Y].[Y].[Y].[Y].[Y].[Y].[Y].[Y].[Y].[Y].[Y].[Y].[Y].[Y].[Y].[Y].[Y].[Y].[Y].[Y].[Y].[Y].[Y].[Y].[Y].[Y].[Y].[Y].[Y].[Y].[Y].[Y].[Y].[Y].[Y].[Y].[Y].[Y].[Y].[Y].[Y].[Y].[Y].[Y].[Y].[Y].[Y]. The van der Waals surface area contributed by atoms with E-state index in [4.69, 9.17) is 0 Å². The first kappa shape index (κ1) is 833. The molecule has 0 fully saturated rings. The summed E-state index contributed by atoms with van der Waals surface area (Å²) in [4.78, 5) is 0. The molecule has 0 saturated carbocycles. The largest absolute Gasteiger partial charge is 0 e. The van der Waals surface area contributed by atoms with Crippen LogP contribution in [0.3, 0.4) is 0 Å². The predicted molar refractivity (Wildman–Crippen MR) is 0 cm³/mol. The maximum atomic E-state index is 0. The van der Waals surface area contributed by atoms with Crippen LogP contribution >= 0.6 is 0 Å². The predicted octanol–water partition coefficient (Wildman–Crippen LogP) is -0.275. The van der Waals surface area contributed by atoms with Crippen molar-refractivity contribution >= 4 is 0 Å². The monoisotopic (exact) mass is 9780 g/mol. The maximum absolute atomic E-state index is 0. The van der Waals surface area contributed by atoms with Crippen molar-refractivity contribution in [2.24, 2.45) is 0 Å². The Morgan fingerprint density at radius 2 is 0.00909 bits per heavy atom. The molecule has 0 nitrogen and oxygen atoms in total. The Hall–Kier alpha value is 121. The zero-order valence-corrected chi connectivity index (χ0v) is 376. The summed E-state index contributed by atoms with van der Waals surface area (Å²) in [5, 5.41) is 0. The minimum absolute atomic E-state index is 0. The first-order valence-electron chi connectivity index (χ1n) is 0. The molecule has 0 aliphatic rings. The van der Waals surface area contributed by atoms with Gasteiger partial charge in [0.1, 0.15) is 0 Å². The van der Waals surface area contributed by atoms with Crippen molar-refractivity contribution in [1.29, 1.82) is 0 Å². The molecule has 0 unspecified atom stereocenters. The smallest absolute Gasteiger partial charge is 0 e. The van der Waals surface area contributed by atoms with Gasteiger partial charge in [0.15, 0.2) is 0 Å². The maximum Gasteiger partial charge on any atom is 0 e. The molecule has 0 spiro atoms. The topological polar surface area (TPSA) is 0 Å². The Morgan fingerprint density at radius 3 is 0.00909 bits per heavy atom. The fourth-order valence-electron chi connectivity index (χ4n) is 0. The number of hydrogen-bond acceptors (Lipinski definition) is 0. The molecular formula is Y110. The van der Waals surface area contributed by atoms with E-state index in [9.17, 15) is 0 Å². The number of rotatable bonds is 0. The van der Waals surface area contributed by atoms with Gasteiger partial charge in [-0.05, 0) is 0 Å². The van der Waals surface area contributed by atoms with Gasteiger partial charge in [-0.2, -0.15) is 0 Å². The van der Waals surface area contributed by atoms with E-state index in [1.54, 1.807) is 0 Å². The second-order valence-corrected chi connectivity index (χ2v) is 0. The first-order chi connectivity index (χ1) is 0. The van der Waals surface area contributed by atoms with Gasteiger partial charge in [0, 0.05) is 3600 Å². The Labute approximate surface area is 3450 Å². The van der Waals surface area contributed by atoms with Crippen LogP contribution in [0.15, 0.2) is 0 Å². The van der Waals surface area contributed by atoms with E-state index in [2.05, 4.69) is 0 Å². The van der Waals surface area contributed by atoms with E-state index in [1.165, 1.54) is 0 Å². The second-order valence-electron chi connectivity index (χ2n) is 0. The first-order valence-corrected chi connectivity index (χ1v) is 0. The molecule has 0 bridgehead atoms. The molecule has 0 heterocycles. The van der Waals surface area contributed by atoms with Gasteiger partial charge in [0.2, 0.25) is 0 Å². The van der Waals surface area contributed by atoms with Gasteiger partial charge in [-0.15, -0.1) is 0 Å². The van der Waals surface area contributed by atoms with E-state index >= 15 is 0 Å². The van der Waals surface area contributed by atoms with Crippen molar-refractivity contribution in [3.63, 3.8) is 0 Å². The van der Waals surface area contributed by atoms with Gasteiger partial charge >= 0.3 is 0 Å². The molecule has 0 N–H and O–H groups in total. The molecule has 0 rings (SSSR count). The van der Waals surface area contributed by atoms with Crippen molar-refractivity contribution in [1.82, 2.24) is 0 Å². The Morgan fingerprint density at radius 1 is 0.00909 bits per heavy atom. The molecule has 0 aromatic heterocycles. The standard InChI is InChI=1S/110Y. The summed E-state index contributed by atoms with van der Waals surface area (Å²) in [6, 6.07) is 0. The molecule has 110 heavy (non-hydrogen) atoms. The van der Waals surface area contributed by atoms with Crippen LogP contribution in [0.1, 0.15) is 0 Å². The normalized spacial score (nSPS) is 0. The molecule has 0 aliphatic carbocycles. The van der Waals surface area contributed by atoms with Crippen LogP contribution in [0.2, 0.25) is 0 Å². The molecule has 110 heteroatoms. The van der Waals surface area contributed by atoms with Crippen LogP contribution in [0.25, 0.3) is 0 Å². The zero-order chi connectivity index (χ0) is 0. The van der Waals surface area contributed by atoms with E-state index < -0.39 is 0 Å². The molecule has 0 amide bonds. The summed E-state index contributed by atoms with van der Waals surface area (Å²) in [5.74, 6) is 0. The third-order valence-electron chi connectivity index (χ3n) is 0. The fraction of sp³-hybridized carbons (Fsp3) is 0.